The van der Waals surface area contributed by atoms with Crippen molar-refractivity contribution in [1.82, 2.24) is 0 Å². The molecule has 1 nitrogen and oxygen atoms in total. The Labute approximate surface area is 150 Å². The Kier molecular flexibility index (Phi) is 5.31. The summed E-state index contributed by atoms with van der Waals surface area (Å²) in [4.78, 5) is 0. The summed E-state index contributed by atoms with van der Waals surface area (Å²) in [6, 6.07) is 14.1. The zero-order valence-corrected chi connectivity index (χ0v) is 14.7. The van der Waals surface area contributed by atoms with Gasteiger partial charge in [0.05, 0.1) is 7.11 Å². The minimum atomic E-state index is -1.22. The second kappa shape index (κ2) is 7.65. The Bertz CT molecular complexity index is 959. The van der Waals surface area contributed by atoms with Crippen molar-refractivity contribution in [1.29, 1.82) is 0 Å². The lowest BCUT2D eigenvalue weighted by Crippen LogP contribution is -1.92. The van der Waals surface area contributed by atoms with E-state index in [0.717, 1.165) is 18.4 Å². The lowest BCUT2D eigenvalue weighted by Gasteiger charge is -2.08. The van der Waals surface area contributed by atoms with E-state index in [1.54, 1.807) is 12.1 Å². The lowest BCUT2D eigenvalue weighted by molar-refractivity contribution is 0.414. The fraction of sp³-hybridized carbons (Fsp3) is 0.182. The van der Waals surface area contributed by atoms with E-state index in [1.165, 1.54) is 37.4 Å². The molecule has 26 heavy (non-hydrogen) atoms. The molecule has 0 N–H and O–H groups in total. The van der Waals surface area contributed by atoms with E-state index in [4.69, 9.17) is 4.74 Å². The fourth-order valence-electron chi connectivity index (χ4n) is 2.94. The van der Waals surface area contributed by atoms with Crippen LogP contribution in [0.15, 0.2) is 54.6 Å². The average Bonchev–Trinajstić information content (AvgIpc) is 2.67. The number of aryl methyl sites for hydroxylation is 1. The summed E-state index contributed by atoms with van der Waals surface area (Å²) in [5.74, 6) is -2.55. The molecule has 0 unspecified atom stereocenters. The Balaban J connectivity index is 2.05. The zero-order chi connectivity index (χ0) is 18.7. The fourth-order valence-corrected chi connectivity index (χ4v) is 2.94. The van der Waals surface area contributed by atoms with Gasteiger partial charge < -0.3 is 4.74 Å². The topological polar surface area (TPSA) is 9.23 Å². The standard InChI is InChI=1S/C22H19F3O/c1-3-4-14-5-11-18-16(13-14)8-12-19(21(18)24)22(25)20(23)15-6-9-17(26-2)10-7-15/h5-13H,3-4H2,1-2H3. The summed E-state index contributed by atoms with van der Waals surface area (Å²) in [6.07, 6.45) is 1.87. The van der Waals surface area contributed by atoms with Crippen molar-refractivity contribution < 1.29 is 17.9 Å². The van der Waals surface area contributed by atoms with Crippen molar-refractivity contribution in [2.24, 2.45) is 0 Å². The van der Waals surface area contributed by atoms with Gasteiger partial charge in [-0.05, 0) is 47.7 Å². The zero-order valence-electron chi connectivity index (χ0n) is 14.7. The minimum Gasteiger partial charge on any atom is -0.497 e. The molecule has 3 rings (SSSR count). The van der Waals surface area contributed by atoms with Gasteiger partial charge in [-0.25, -0.2) is 13.2 Å². The molecule has 0 aliphatic rings. The van der Waals surface area contributed by atoms with Crippen LogP contribution < -0.4 is 4.74 Å². The van der Waals surface area contributed by atoms with Crippen molar-refractivity contribution in [2.45, 2.75) is 19.8 Å². The third-order valence-electron chi connectivity index (χ3n) is 4.33. The predicted octanol–water partition coefficient (Wildman–Crippen LogP) is 6.70. The first kappa shape index (κ1) is 18.1. The van der Waals surface area contributed by atoms with Gasteiger partial charge in [0.15, 0.2) is 11.7 Å². The van der Waals surface area contributed by atoms with Crippen LogP contribution in [-0.4, -0.2) is 7.11 Å². The molecule has 0 aromatic heterocycles. The molecule has 134 valence electrons. The average molecular weight is 356 g/mol. The molecule has 0 aliphatic heterocycles. The quantitative estimate of drug-likeness (QED) is 0.462. The summed E-state index contributed by atoms with van der Waals surface area (Å²) < 4.78 is 48.9. The molecule has 0 fully saturated rings. The third kappa shape index (κ3) is 3.45. The maximum atomic E-state index is 14.8. The van der Waals surface area contributed by atoms with Crippen molar-refractivity contribution >= 4 is 22.4 Å². The number of rotatable bonds is 5. The van der Waals surface area contributed by atoms with Crippen molar-refractivity contribution in [3.05, 3.63) is 77.1 Å². The number of ether oxygens (including phenoxy) is 1. The molecule has 0 aliphatic carbocycles. The van der Waals surface area contributed by atoms with Crippen LogP contribution in [0.4, 0.5) is 13.2 Å². The third-order valence-corrected chi connectivity index (χ3v) is 4.33. The van der Waals surface area contributed by atoms with Crippen LogP contribution in [0.25, 0.3) is 22.4 Å². The van der Waals surface area contributed by atoms with E-state index in [1.807, 2.05) is 12.1 Å². The van der Waals surface area contributed by atoms with Gasteiger partial charge >= 0.3 is 0 Å². The summed E-state index contributed by atoms with van der Waals surface area (Å²) in [7, 11) is 1.48. The number of methoxy groups -OCH3 is 1. The van der Waals surface area contributed by atoms with Crippen LogP contribution in [0, 0.1) is 5.82 Å². The van der Waals surface area contributed by atoms with Crippen LogP contribution in [0.2, 0.25) is 0 Å². The van der Waals surface area contributed by atoms with Gasteiger partial charge in [0.1, 0.15) is 11.6 Å². The highest BCUT2D eigenvalue weighted by Crippen LogP contribution is 2.33. The van der Waals surface area contributed by atoms with Crippen LogP contribution in [-0.2, 0) is 6.42 Å². The number of hydrogen-bond donors (Lipinski definition) is 0. The molecular formula is C22H19F3O. The molecule has 4 heteroatoms. The van der Waals surface area contributed by atoms with E-state index < -0.39 is 17.5 Å². The maximum Gasteiger partial charge on any atom is 0.169 e. The molecule has 0 heterocycles. The van der Waals surface area contributed by atoms with Crippen LogP contribution in [0.3, 0.4) is 0 Å². The van der Waals surface area contributed by atoms with Crippen molar-refractivity contribution in [2.75, 3.05) is 7.11 Å². The van der Waals surface area contributed by atoms with Gasteiger partial charge in [0.2, 0.25) is 0 Å². The Morgan fingerprint density at radius 1 is 0.923 bits per heavy atom. The Hall–Kier alpha value is -2.75. The number of halogens is 3. The van der Waals surface area contributed by atoms with Gasteiger partial charge in [0, 0.05) is 16.5 Å². The molecular weight excluding hydrogens is 337 g/mol. The summed E-state index contributed by atoms with van der Waals surface area (Å²) in [5.41, 5.74) is 0.739. The SMILES string of the molecule is CCCc1ccc2c(F)c(C(F)=C(F)c3ccc(OC)cc3)ccc2c1. The Morgan fingerprint density at radius 2 is 1.65 bits per heavy atom. The highest BCUT2D eigenvalue weighted by atomic mass is 19.2. The van der Waals surface area contributed by atoms with E-state index in [-0.39, 0.29) is 16.5 Å². The summed E-state index contributed by atoms with van der Waals surface area (Å²) in [5, 5.41) is 0.954. The monoisotopic (exact) mass is 356 g/mol. The number of benzene rings is 3. The smallest absolute Gasteiger partial charge is 0.169 e. The second-order valence-corrected chi connectivity index (χ2v) is 6.09. The number of hydrogen-bond acceptors (Lipinski definition) is 1. The first-order valence-electron chi connectivity index (χ1n) is 8.46. The summed E-state index contributed by atoms with van der Waals surface area (Å²) in [6.45, 7) is 2.07. The van der Waals surface area contributed by atoms with Gasteiger partial charge in [-0.3, -0.25) is 0 Å². The van der Waals surface area contributed by atoms with Crippen LogP contribution >= 0.6 is 0 Å². The Morgan fingerprint density at radius 3 is 2.31 bits per heavy atom. The van der Waals surface area contributed by atoms with Crippen molar-refractivity contribution in [3.63, 3.8) is 0 Å². The second-order valence-electron chi connectivity index (χ2n) is 6.09. The molecule has 0 atom stereocenters. The first-order valence-corrected chi connectivity index (χ1v) is 8.46. The van der Waals surface area contributed by atoms with Gasteiger partial charge in [-0.1, -0.05) is 37.6 Å². The lowest BCUT2D eigenvalue weighted by atomic mass is 10.00. The molecule has 0 radical (unpaired) electrons. The van der Waals surface area contributed by atoms with Crippen LogP contribution in [0.5, 0.6) is 5.75 Å². The van der Waals surface area contributed by atoms with Gasteiger partial charge in [-0.2, -0.15) is 0 Å². The van der Waals surface area contributed by atoms with E-state index in [0.29, 0.717) is 11.1 Å². The molecule has 0 amide bonds. The minimum absolute atomic E-state index is 0.0288. The molecule has 3 aromatic rings. The van der Waals surface area contributed by atoms with E-state index >= 15 is 0 Å². The molecule has 0 bridgehead atoms. The van der Waals surface area contributed by atoms with Gasteiger partial charge in [-0.15, -0.1) is 0 Å². The summed E-state index contributed by atoms with van der Waals surface area (Å²) >= 11 is 0. The predicted molar refractivity (Wildman–Crippen MR) is 99.9 cm³/mol. The molecule has 0 saturated heterocycles. The molecule has 0 spiro atoms. The molecule has 3 aromatic carbocycles. The van der Waals surface area contributed by atoms with E-state index in [2.05, 4.69) is 6.92 Å². The van der Waals surface area contributed by atoms with Crippen molar-refractivity contribution in [3.8, 4) is 5.75 Å². The largest absolute Gasteiger partial charge is 0.497 e. The first-order chi connectivity index (χ1) is 12.5. The van der Waals surface area contributed by atoms with E-state index in [9.17, 15) is 13.2 Å². The highest BCUT2D eigenvalue weighted by Gasteiger charge is 2.17. The maximum absolute atomic E-state index is 14.8. The van der Waals surface area contributed by atoms with Crippen LogP contribution in [0.1, 0.15) is 30.0 Å². The van der Waals surface area contributed by atoms with Gasteiger partial charge in [0.25, 0.3) is 0 Å². The molecule has 0 saturated carbocycles. The number of fused-ring (bicyclic) bond motifs is 1. The highest BCUT2D eigenvalue weighted by molar-refractivity contribution is 5.91. The normalized spacial score (nSPS) is 12.2.